The maximum Gasteiger partial charge on any atom is 0.175 e. The standard InChI is InChI=1S/C27H29N3O4/c1-32-21-9-7-20(8-10-21)30-15-13-29(14-16-30)18-23-25(31)12-11-22-24(28-34-27(22)23)17-19-5-3-4-6-26(19)33-2/h3-12,31H,13-18H2,1-2H3. The molecule has 1 fully saturated rings. The predicted octanol–water partition coefficient (Wildman–Crippen LogP) is 4.46. The molecule has 7 heteroatoms. The summed E-state index contributed by atoms with van der Waals surface area (Å²) in [5.41, 5.74) is 4.52. The van der Waals surface area contributed by atoms with E-state index in [0.29, 0.717) is 18.5 Å². The van der Waals surface area contributed by atoms with E-state index in [1.165, 1.54) is 5.69 Å². The van der Waals surface area contributed by atoms with Crippen molar-refractivity contribution in [3.63, 3.8) is 0 Å². The molecule has 0 radical (unpaired) electrons. The van der Waals surface area contributed by atoms with Gasteiger partial charge in [-0.05, 0) is 42.5 Å². The highest BCUT2D eigenvalue weighted by molar-refractivity contribution is 5.84. The van der Waals surface area contributed by atoms with Gasteiger partial charge < -0.3 is 24.0 Å². The maximum atomic E-state index is 10.6. The Morgan fingerprint density at radius 1 is 0.912 bits per heavy atom. The SMILES string of the molecule is COc1ccc(N2CCN(Cc3c(O)ccc4c(Cc5ccccc5OC)noc34)CC2)cc1. The molecule has 0 amide bonds. The first-order valence-electron chi connectivity index (χ1n) is 11.5. The Labute approximate surface area is 199 Å². The van der Waals surface area contributed by atoms with Gasteiger partial charge in [0.1, 0.15) is 17.2 Å². The highest BCUT2D eigenvalue weighted by Gasteiger charge is 2.22. The van der Waals surface area contributed by atoms with E-state index in [-0.39, 0.29) is 5.75 Å². The Bertz CT molecular complexity index is 1260. The molecule has 0 saturated carbocycles. The fraction of sp³-hybridized carbons (Fsp3) is 0.296. The normalized spacial score (nSPS) is 14.5. The summed E-state index contributed by atoms with van der Waals surface area (Å²) in [6.07, 6.45) is 0.599. The first-order valence-corrected chi connectivity index (χ1v) is 11.5. The molecule has 1 saturated heterocycles. The largest absolute Gasteiger partial charge is 0.507 e. The summed E-state index contributed by atoms with van der Waals surface area (Å²) in [6.45, 7) is 4.23. The minimum Gasteiger partial charge on any atom is -0.507 e. The summed E-state index contributed by atoms with van der Waals surface area (Å²) in [5.74, 6) is 1.93. The minimum atomic E-state index is 0.241. The Morgan fingerprint density at radius 2 is 1.68 bits per heavy atom. The zero-order valence-corrected chi connectivity index (χ0v) is 19.5. The van der Waals surface area contributed by atoms with Crippen LogP contribution >= 0.6 is 0 Å². The number of fused-ring (bicyclic) bond motifs is 1. The van der Waals surface area contributed by atoms with E-state index in [2.05, 4.69) is 27.1 Å². The Hall–Kier alpha value is -3.71. The average molecular weight is 460 g/mol. The molecule has 2 heterocycles. The molecule has 176 valence electrons. The molecule has 1 aliphatic heterocycles. The number of hydrogen-bond acceptors (Lipinski definition) is 7. The lowest BCUT2D eigenvalue weighted by molar-refractivity contribution is 0.246. The molecule has 0 unspecified atom stereocenters. The number of hydrogen-bond donors (Lipinski definition) is 1. The van der Waals surface area contributed by atoms with Gasteiger partial charge in [0.25, 0.3) is 0 Å². The number of rotatable bonds is 7. The minimum absolute atomic E-state index is 0.241. The first-order chi connectivity index (χ1) is 16.7. The lowest BCUT2D eigenvalue weighted by Gasteiger charge is -2.36. The van der Waals surface area contributed by atoms with Gasteiger partial charge in [-0.25, -0.2) is 0 Å². The molecule has 0 aliphatic carbocycles. The van der Waals surface area contributed by atoms with Crippen LogP contribution in [0, 0.1) is 0 Å². The summed E-state index contributed by atoms with van der Waals surface area (Å²) in [7, 11) is 3.35. The van der Waals surface area contributed by atoms with Gasteiger partial charge in [-0.1, -0.05) is 23.4 Å². The number of benzene rings is 3. The maximum absolute atomic E-state index is 10.6. The number of methoxy groups -OCH3 is 2. The molecule has 1 N–H and O–H groups in total. The van der Waals surface area contributed by atoms with E-state index in [4.69, 9.17) is 14.0 Å². The number of anilines is 1. The van der Waals surface area contributed by atoms with E-state index in [0.717, 1.165) is 59.9 Å². The summed E-state index contributed by atoms with van der Waals surface area (Å²) in [5, 5.41) is 15.9. The molecule has 5 rings (SSSR count). The van der Waals surface area contributed by atoms with Crippen LogP contribution < -0.4 is 14.4 Å². The van der Waals surface area contributed by atoms with Crippen molar-refractivity contribution in [3.05, 3.63) is 77.5 Å². The highest BCUT2D eigenvalue weighted by atomic mass is 16.5. The summed E-state index contributed by atoms with van der Waals surface area (Å²) >= 11 is 0. The summed E-state index contributed by atoms with van der Waals surface area (Å²) < 4.78 is 16.5. The van der Waals surface area contributed by atoms with Crippen molar-refractivity contribution >= 4 is 16.7 Å². The van der Waals surface area contributed by atoms with Gasteiger partial charge in [-0.2, -0.15) is 0 Å². The molecule has 4 aromatic rings. The molecule has 1 aromatic heterocycles. The van der Waals surface area contributed by atoms with Crippen LogP contribution in [-0.4, -0.2) is 55.6 Å². The van der Waals surface area contributed by atoms with E-state index in [9.17, 15) is 5.11 Å². The second-order valence-electron chi connectivity index (χ2n) is 8.52. The van der Waals surface area contributed by atoms with Crippen molar-refractivity contribution in [2.24, 2.45) is 0 Å². The van der Waals surface area contributed by atoms with E-state index in [1.807, 2.05) is 42.5 Å². The Balaban J connectivity index is 1.31. The van der Waals surface area contributed by atoms with Gasteiger partial charge in [0.2, 0.25) is 0 Å². The lowest BCUT2D eigenvalue weighted by Crippen LogP contribution is -2.45. The number of para-hydroxylation sites is 1. The topological polar surface area (TPSA) is 71.2 Å². The van der Waals surface area contributed by atoms with Gasteiger partial charge in [0.05, 0.1) is 25.5 Å². The van der Waals surface area contributed by atoms with Crippen molar-refractivity contribution in [1.82, 2.24) is 10.1 Å². The van der Waals surface area contributed by atoms with Gasteiger partial charge in [-0.3, -0.25) is 4.90 Å². The number of aromatic hydroxyl groups is 1. The van der Waals surface area contributed by atoms with Crippen LogP contribution in [0.1, 0.15) is 16.8 Å². The fourth-order valence-electron chi connectivity index (χ4n) is 4.59. The van der Waals surface area contributed by atoms with Crippen LogP contribution in [0.4, 0.5) is 5.69 Å². The van der Waals surface area contributed by atoms with E-state index in [1.54, 1.807) is 20.3 Å². The number of nitrogens with zero attached hydrogens (tertiary/aromatic N) is 3. The van der Waals surface area contributed by atoms with Crippen LogP contribution in [0.2, 0.25) is 0 Å². The van der Waals surface area contributed by atoms with Crippen molar-refractivity contribution < 1.29 is 19.1 Å². The van der Waals surface area contributed by atoms with Crippen molar-refractivity contribution in [1.29, 1.82) is 0 Å². The molecule has 7 nitrogen and oxygen atoms in total. The third-order valence-electron chi connectivity index (χ3n) is 6.54. The van der Waals surface area contributed by atoms with Crippen LogP contribution in [0.15, 0.2) is 65.2 Å². The van der Waals surface area contributed by atoms with Crippen LogP contribution in [-0.2, 0) is 13.0 Å². The molecular weight excluding hydrogens is 430 g/mol. The van der Waals surface area contributed by atoms with Crippen molar-refractivity contribution in [2.45, 2.75) is 13.0 Å². The number of phenolic OH excluding ortho intramolecular Hbond substituents is 1. The second-order valence-corrected chi connectivity index (χ2v) is 8.52. The monoisotopic (exact) mass is 459 g/mol. The molecular formula is C27H29N3O4. The molecule has 3 aromatic carbocycles. The number of piperazine rings is 1. The summed E-state index contributed by atoms with van der Waals surface area (Å²) in [6, 6.07) is 19.7. The molecule has 1 aliphatic rings. The Kier molecular flexibility index (Phi) is 6.27. The van der Waals surface area contributed by atoms with Gasteiger partial charge >= 0.3 is 0 Å². The quantitative estimate of drug-likeness (QED) is 0.437. The van der Waals surface area contributed by atoms with Crippen molar-refractivity contribution in [2.75, 3.05) is 45.3 Å². The van der Waals surface area contributed by atoms with E-state index >= 15 is 0 Å². The first kappa shape index (κ1) is 22.1. The smallest absolute Gasteiger partial charge is 0.175 e. The highest BCUT2D eigenvalue weighted by Crippen LogP contribution is 2.33. The van der Waals surface area contributed by atoms with Crippen LogP contribution in [0.5, 0.6) is 17.2 Å². The van der Waals surface area contributed by atoms with E-state index < -0.39 is 0 Å². The van der Waals surface area contributed by atoms with Crippen LogP contribution in [0.25, 0.3) is 11.0 Å². The molecule has 0 spiro atoms. The zero-order chi connectivity index (χ0) is 23.5. The van der Waals surface area contributed by atoms with Gasteiger partial charge in [0.15, 0.2) is 5.58 Å². The number of aromatic nitrogens is 1. The second kappa shape index (κ2) is 9.65. The third kappa shape index (κ3) is 4.39. The zero-order valence-electron chi connectivity index (χ0n) is 19.5. The summed E-state index contributed by atoms with van der Waals surface area (Å²) in [4.78, 5) is 4.72. The fourth-order valence-corrected chi connectivity index (χ4v) is 4.59. The van der Waals surface area contributed by atoms with Crippen molar-refractivity contribution in [3.8, 4) is 17.2 Å². The third-order valence-corrected chi connectivity index (χ3v) is 6.54. The van der Waals surface area contributed by atoms with Gasteiger partial charge in [-0.15, -0.1) is 0 Å². The molecule has 0 atom stereocenters. The lowest BCUT2D eigenvalue weighted by atomic mass is 10.0. The predicted molar refractivity (Wildman–Crippen MR) is 132 cm³/mol. The van der Waals surface area contributed by atoms with Gasteiger partial charge in [0, 0.05) is 55.8 Å². The molecule has 34 heavy (non-hydrogen) atoms. The number of phenols is 1. The Morgan fingerprint density at radius 3 is 2.41 bits per heavy atom. The average Bonchev–Trinajstić information content (AvgIpc) is 3.29. The van der Waals surface area contributed by atoms with Crippen LogP contribution in [0.3, 0.4) is 0 Å². The molecule has 0 bridgehead atoms. The number of ether oxygens (including phenoxy) is 2.